The summed E-state index contributed by atoms with van der Waals surface area (Å²) in [5, 5.41) is 9.02. The number of nitrogens with one attached hydrogen (secondary N) is 1. The molecular weight excluding hydrogens is 394 g/mol. The number of hydrogen-bond acceptors (Lipinski definition) is 5. The Hall–Kier alpha value is -3.35. The van der Waals surface area contributed by atoms with Crippen molar-refractivity contribution < 1.29 is 19.1 Å². The molecule has 0 atom stereocenters. The van der Waals surface area contributed by atoms with Crippen LogP contribution in [0.2, 0.25) is 0 Å². The Morgan fingerprint density at radius 2 is 1.90 bits per heavy atom. The number of unbranched alkanes of at least 4 members (excludes halogenated alkanes) is 1. The molecule has 31 heavy (non-hydrogen) atoms. The Morgan fingerprint density at radius 1 is 1.10 bits per heavy atom. The highest BCUT2D eigenvalue weighted by atomic mass is 16.5. The lowest BCUT2D eigenvalue weighted by molar-refractivity contribution is -0.132. The molecule has 0 saturated heterocycles. The summed E-state index contributed by atoms with van der Waals surface area (Å²) in [4.78, 5) is 24.5. The van der Waals surface area contributed by atoms with Crippen LogP contribution < -0.4 is 14.8 Å². The first-order valence-electron chi connectivity index (χ1n) is 10.5. The number of amides is 2. The Bertz CT molecular complexity index is 971. The van der Waals surface area contributed by atoms with Gasteiger partial charge in [-0.15, -0.1) is 0 Å². The van der Waals surface area contributed by atoms with E-state index in [2.05, 4.69) is 17.3 Å². The molecule has 164 valence electrons. The summed E-state index contributed by atoms with van der Waals surface area (Å²) in [5.41, 5.74) is 3.35. The third-order valence-electron chi connectivity index (χ3n) is 5.12. The predicted molar refractivity (Wildman–Crippen MR) is 120 cm³/mol. The van der Waals surface area contributed by atoms with Gasteiger partial charge in [-0.05, 0) is 42.3 Å². The first kappa shape index (κ1) is 22.3. The van der Waals surface area contributed by atoms with Crippen molar-refractivity contribution in [3.05, 3.63) is 53.6 Å². The van der Waals surface area contributed by atoms with Crippen molar-refractivity contribution in [2.24, 2.45) is 5.10 Å². The van der Waals surface area contributed by atoms with Crippen LogP contribution in [0.25, 0.3) is 0 Å². The molecule has 1 N–H and O–H groups in total. The van der Waals surface area contributed by atoms with E-state index in [4.69, 9.17) is 9.47 Å². The quantitative estimate of drug-likeness (QED) is 0.650. The fraction of sp³-hybridized carbons (Fsp3) is 0.375. The van der Waals surface area contributed by atoms with Crippen molar-refractivity contribution in [2.75, 3.05) is 19.5 Å². The Morgan fingerprint density at radius 3 is 2.65 bits per heavy atom. The molecule has 0 radical (unpaired) electrons. The highest BCUT2D eigenvalue weighted by molar-refractivity contribution is 6.04. The van der Waals surface area contributed by atoms with E-state index >= 15 is 0 Å². The van der Waals surface area contributed by atoms with E-state index in [1.54, 1.807) is 14.2 Å². The van der Waals surface area contributed by atoms with Gasteiger partial charge in [0.1, 0.15) is 0 Å². The normalized spacial score (nSPS) is 13.6. The molecule has 0 aromatic heterocycles. The second-order valence-electron chi connectivity index (χ2n) is 7.42. The zero-order valence-electron chi connectivity index (χ0n) is 18.3. The van der Waals surface area contributed by atoms with E-state index in [-0.39, 0.29) is 11.8 Å². The van der Waals surface area contributed by atoms with Gasteiger partial charge in [-0.25, -0.2) is 5.01 Å². The second kappa shape index (κ2) is 10.6. The first-order chi connectivity index (χ1) is 15.0. The van der Waals surface area contributed by atoms with Gasteiger partial charge in [-0.2, -0.15) is 5.10 Å². The third kappa shape index (κ3) is 5.84. The standard InChI is InChI=1S/C24H29N3O4/c1-4-5-9-23(28)25-19-8-6-7-17(14-19)16-27-24(29)13-11-20(26-27)18-10-12-21(30-2)22(15-18)31-3/h6-8,10,12,14-15H,4-5,9,11,13,16H2,1-3H3,(H,25,28). The first-order valence-corrected chi connectivity index (χ1v) is 10.5. The summed E-state index contributed by atoms with van der Waals surface area (Å²) in [6, 6.07) is 13.2. The zero-order chi connectivity index (χ0) is 22.2. The van der Waals surface area contributed by atoms with Crippen LogP contribution in [0.3, 0.4) is 0 Å². The van der Waals surface area contributed by atoms with E-state index < -0.39 is 0 Å². The van der Waals surface area contributed by atoms with Crippen molar-refractivity contribution in [2.45, 2.75) is 45.6 Å². The van der Waals surface area contributed by atoms with E-state index in [0.717, 1.165) is 35.4 Å². The molecule has 1 aliphatic heterocycles. The number of methoxy groups -OCH3 is 2. The van der Waals surface area contributed by atoms with E-state index in [9.17, 15) is 9.59 Å². The van der Waals surface area contributed by atoms with Gasteiger partial charge >= 0.3 is 0 Å². The molecule has 1 heterocycles. The maximum Gasteiger partial charge on any atom is 0.243 e. The minimum atomic E-state index is -0.0263. The maximum atomic E-state index is 12.5. The van der Waals surface area contributed by atoms with Crippen LogP contribution >= 0.6 is 0 Å². The number of hydrogen-bond donors (Lipinski definition) is 1. The number of ether oxygens (including phenoxy) is 2. The monoisotopic (exact) mass is 423 g/mol. The molecular formula is C24H29N3O4. The molecule has 0 aliphatic carbocycles. The lowest BCUT2D eigenvalue weighted by Crippen LogP contribution is -2.31. The molecule has 0 fully saturated rings. The molecule has 3 rings (SSSR count). The molecule has 0 spiro atoms. The molecule has 0 unspecified atom stereocenters. The lowest BCUT2D eigenvalue weighted by Gasteiger charge is -2.24. The number of benzene rings is 2. The molecule has 0 saturated carbocycles. The minimum Gasteiger partial charge on any atom is -0.493 e. The Labute approximate surface area is 183 Å². The topological polar surface area (TPSA) is 80.2 Å². The zero-order valence-corrected chi connectivity index (χ0v) is 18.3. The van der Waals surface area contributed by atoms with Gasteiger partial charge in [0.05, 0.1) is 26.5 Å². The summed E-state index contributed by atoms with van der Waals surface area (Å²) in [6.07, 6.45) is 3.30. The number of hydrazone groups is 1. The van der Waals surface area contributed by atoms with E-state index in [1.807, 2.05) is 42.5 Å². The average Bonchev–Trinajstić information content (AvgIpc) is 2.79. The fourth-order valence-corrected chi connectivity index (χ4v) is 3.43. The second-order valence-corrected chi connectivity index (χ2v) is 7.42. The molecule has 1 aliphatic rings. The highest BCUT2D eigenvalue weighted by Crippen LogP contribution is 2.29. The van der Waals surface area contributed by atoms with Gasteiger partial charge in [0.2, 0.25) is 11.8 Å². The van der Waals surface area contributed by atoms with Gasteiger partial charge in [0.25, 0.3) is 0 Å². The van der Waals surface area contributed by atoms with Crippen molar-refractivity contribution in [1.29, 1.82) is 0 Å². The van der Waals surface area contributed by atoms with Crippen LogP contribution in [-0.2, 0) is 16.1 Å². The van der Waals surface area contributed by atoms with Crippen molar-refractivity contribution in [3.63, 3.8) is 0 Å². The molecule has 7 heteroatoms. The van der Waals surface area contributed by atoms with E-state index in [1.165, 1.54) is 5.01 Å². The fourth-order valence-electron chi connectivity index (χ4n) is 3.43. The average molecular weight is 424 g/mol. The number of anilines is 1. The number of carbonyl (C=O) groups is 2. The highest BCUT2D eigenvalue weighted by Gasteiger charge is 2.22. The van der Waals surface area contributed by atoms with Gasteiger partial charge in [-0.3, -0.25) is 9.59 Å². The van der Waals surface area contributed by atoms with Crippen LogP contribution in [0.5, 0.6) is 11.5 Å². The predicted octanol–water partition coefficient (Wildman–Crippen LogP) is 4.36. The smallest absolute Gasteiger partial charge is 0.243 e. The van der Waals surface area contributed by atoms with Crippen molar-refractivity contribution >= 4 is 23.2 Å². The summed E-state index contributed by atoms with van der Waals surface area (Å²) in [6.45, 7) is 2.40. The van der Waals surface area contributed by atoms with Crippen LogP contribution in [0.1, 0.15) is 50.2 Å². The number of carbonyl (C=O) groups excluding carboxylic acids is 2. The SMILES string of the molecule is CCCCC(=O)Nc1cccc(CN2N=C(c3ccc(OC)c(OC)c3)CCC2=O)c1. The molecule has 2 amide bonds. The summed E-state index contributed by atoms with van der Waals surface area (Å²) >= 11 is 0. The maximum absolute atomic E-state index is 12.5. The summed E-state index contributed by atoms with van der Waals surface area (Å²) < 4.78 is 10.7. The van der Waals surface area contributed by atoms with Crippen LogP contribution in [0.15, 0.2) is 47.6 Å². The van der Waals surface area contributed by atoms with E-state index in [0.29, 0.717) is 37.3 Å². The van der Waals surface area contributed by atoms with Gasteiger partial charge in [-0.1, -0.05) is 25.5 Å². The minimum absolute atomic E-state index is 0.00168. The van der Waals surface area contributed by atoms with Crippen LogP contribution in [-0.4, -0.2) is 36.8 Å². The summed E-state index contributed by atoms with van der Waals surface area (Å²) in [7, 11) is 3.19. The molecule has 2 aromatic carbocycles. The summed E-state index contributed by atoms with van der Waals surface area (Å²) in [5.74, 6) is 1.24. The van der Waals surface area contributed by atoms with Crippen LogP contribution in [0, 0.1) is 0 Å². The van der Waals surface area contributed by atoms with Gasteiger partial charge in [0.15, 0.2) is 11.5 Å². The third-order valence-corrected chi connectivity index (χ3v) is 5.12. The van der Waals surface area contributed by atoms with Gasteiger partial charge in [0, 0.05) is 30.5 Å². The van der Waals surface area contributed by atoms with Crippen molar-refractivity contribution in [1.82, 2.24) is 5.01 Å². The lowest BCUT2D eigenvalue weighted by atomic mass is 10.0. The largest absolute Gasteiger partial charge is 0.493 e. The van der Waals surface area contributed by atoms with Gasteiger partial charge < -0.3 is 14.8 Å². The molecule has 2 aromatic rings. The Balaban J connectivity index is 1.76. The number of nitrogens with zero attached hydrogens (tertiary/aromatic N) is 2. The Kier molecular flexibility index (Phi) is 7.65. The van der Waals surface area contributed by atoms with Crippen molar-refractivity contribution in [3.8, 4) is 11.5 Å². The molecule has 7 nitrogen and oxygen atoms in total. The van der Waals surface area contributed by atoms with Crippen LogP contribution in [0.4, 0.5) is 5.69 Å². The number of rotatable bonds is 9. The molecule has 0 bridgehead atoms.